The predicted octanol–water partition coefficient (Wildman–Crippen LogP) is 3.31. The van der Waals surface area contributed by atoms with E-state index in [4.69, 9.17) is 4.74 Å². The van der Waals surface area contributed by atoms with Crippen molar-refractivity contribution in [3.8, 4) is 0 Å². The van der Waals surface area contributed by atoms with Crippen molar-refractivity contribution >= 4 is 39.4 Å². The minimum Gasteiger partial charge on any atom is -0.451 e. The molecule has 0 unspecified atom stereocenters. The van der Waals surface area contributed by atoms with Crippen LogP contribution in [0.25, 0.3) is 0 Å². The largest absolute Gasteiger partial charge is 0.451 e. The van der Waals surface area contributed by atoms with Crippen molar-refractivity contribution in [2.24, 2.45) is 0 Å². The minimum absolute atomic E-state index is 0.322. The molecule has 7 heteroatoms. The summed E-state index contributed by atoms with van der Waals surface area (Å²) in [7, 11) is 0. The van der Waals surface area contributed by atoms with E-state index in [9.17, 15) is 14.4 Å². The number of hydrogen-bond donors (Lipinski definition) is 2. The number of carbonyl (C=O) groups is 3. The molecule has 0 aromatic heterocycles. The zero-order chi connectivity index (χ0) is 19.8. The first kappa shape index (κ1) is 20.6. The summed E-state index contributed by atoms with van der Waals surface area (Å²) in [6.45, 7) is 3.20. The van der Waals surface area contributed by atoms with Gasteiger partial charge in [-0.3, -0.25) is 14.4 Å². The molecule has 0 saturated carbocycles. The second-order valence-electron chi connectivity index (χ2n) is 5.86. The van der Waals surface area contributed by atoms with Crippen molar-refractivity contribution in [3.05, 3.63) is 64.1 Å². The van der Waals surface area contributed by atoms with Gasteiger partial charge in [0.2, 0.25) is 0 Å². The fourth-order valence-electron chi connectivity index (χ4n) is 2.22. The van der Waals surface area contributed by atoms with Crippen LogP contribution in [0.4, 0.5) is 5.69 Å². The summed E-state index contributed by atoms with van der Waals surface area (Å²) in [5, 5.41) is 5.15. The molecule has 0 bridgehead atoms. The average molecular weight is 433 g/mol. The van der Waals surface area contributed by atoms with E-state index in [0.717, 1.165) is 16.5 Å². The van der Waals surface area contributed by atoms with E-state index in [-0.39, 0.29) is 6.54 Å². The van der Waals surface area contributed by atoms with Crippen molar-refractivity contribution in [3.63, 3.8) is 0 Å². The number of halogens is 1. The molecule has 0 spiro atoms. The van der Waals surface area contributed by atoms with E-state index in [1.54, 1.807) is 36.4 Å². The fourth-order valence-corrected chi connectivity index (χ4v) is 2.48. The average Bonchev–Trinajstić information content (AvgIpc) is 2.67. The van der Waals surface area contributed by atoms with E-state index in [2.05, 4.69) is 26.6 Å². The zero-order valence-corrected chi connectivity index (χ0v) is 16.7. The third-order valence-corrected chi connectivity index (χ3v) is 4.34. The van der Waals surface area contributed by atoms with Crippen LogP contribution in [0.2, 0.25) is 0 Å². The Bertz CT molecular complexity index is 804. The maximum absolute atomic E-state index is 12.1. The normalized spacial score (nSPS) is 11.4. The van der Waals surface area contributed by atoms with Gasteiger partial charge in [-0.05, 0) is 55.3 Å². The Morgan fingerprint density at radius 3 is 2.26 bits per heavy atom. The van der Waals surface area contributed by atoms with E-state index < -0.39 is 23.9 Å². The molecule has 0 aliphatic heterocycles. The Morgan fingerprint density at radius 2 is 1.67 bits per heavy atom. The molecule has 0 fully saturated rings. The summed E-state index contributed by atoms with van der Waals surface area (Å²) in [6, 6.07) is 14.1. The molecule has 142 valence electrons. The molecule has 0 aliphatic carbocycles. The molecular weight excluding hydrogens is 412 g/mol. The molecule has 2 amide bonds. The maximum Gasteiger partial charge on any atom is 0.326 e. The van der Waals surface area contributed by atoms with Crippen LogP contribution >= 0.6 is 15.9 Å². The smallest absolute Gasteiger partial charge is 0.326 e. The lowest BCUT2D eigenvalue weighted by Crippen LogP contribution is -2.35. The van der Waals surface area contributed by atoms with E-state index in [1.807, 2.05) is 19.1 Å². The first-order valence-electron chi connectivity index (χ1n) is 8.52. The van der Waals surface area contributed by atoms with Crippen molar-refractivity contribution in [2.75, 3.05) is 11.9 Å². The highest BCUT2D eigenvalue weighted by Crippen LogP contribution is 2.11. The Kier molecular flexibility index (Phi) is 7.55. The third kappa shape index (κ3) is 6.53. The number of rotatable bonds is 7. The van der Waals surface area contributed by atoms with Crippen LogP contribution < -0.4 is 10.6 Å². The minimum atomic E-state index is -0.979. The Labute approximate surface area is 166 Å². The topological polar surface area (TPSA) is 84.5 Å². The van der Waals surface area contributed by atoms with Gasteiger partial charge in [-0.15, -0.1) is 0 Å². The third-order valence-electron chi connectivity index (χ3n) is 3.81. The van der Waals surface area contributed by atoms with Crippen LogP contribution in [0.1, 0.15) is 29.8 Å². The highest BCUT2D eigenvalue weighted by atomic mass is 79.9. The monoisotopic (exact) mass is 432 g/mol. The van der Waals surface area contributed by atoms with Crippen LogP contribution in [0.5, 0.6) is 0 Å². The van der Waals surface area contributed by atoms with Gasteiger partial charge < -0.3 is 15.4 Å². The number of anilines is 1. The van der Waals surface area contributed by atoms with Gasteiger partial charge in [0.1, 0.15) is 6.54 Å². The van der Waals surface area contributed by atoms with Crippen molar-refractivity contribution < 1.29 is 19.1 Å². The molecule has 2 aromatic carbocycles. The summed E-state index contributed by atoms with van der Waals surface area (Å²) in [4.78, 5) is 35.9. The summed E-state index contributed by atoms with van der Waals surface area (Å²) >= 11 is 3.28. The molecule has 2 N–H and O–H groups in total. The first-order chi connectivity index (χ1) is 12.9. The number of esters is 1. The van der Waals surface area contributed by atoms with Crippen LogP contribution in [0.15, 0.2) is 53.0 Å². The number of hydrogen-bond acceptors (Lipinski definition) is 4. The molecule has 6 nitrogen and oxygen atoms in total. The number of amides is 2. The van der Waals surface area contributed by atoms with Gasteiger partial charge in [0.05, 0.1) is 0 Å². The Hall–Kier alpha value is -2.67. The summed E-state index contributed by atoms with van der Waals surface area (Å²) in [6.07, 6.45) is -0.0678. The van der Waals surface area contributed by atoms with E-state index in [0.29, 0.717) is 11.3 Å². The van der Waals surface area contributed by atoms with Crippen molar-refractivity contribution in [1.82, 2.24) is 5.32 Å². The molecule has 0 radical (unpaired) electrons. The lowest BCUT2D eigenvalue weighted by Gasteiger charge is -2.14. The fraction of sp³-hybridized carbons (Fsp3) is 0.250. The highest BCUT2D eigenvalue weighted by Gasteiger charge is 2.18. The molecule has 2 aromatic rings. The number of ether oxygens (including phenoxy) is 1. The van der Waals surface area contributed by atoms with Gasteiger partial charge >= 0.3 is 5.97 Å². The van der Waals surface area contributed by atoms with Gasteiger partial charge in [0.15, 0.2) is 6.10 Å². The van der Waals surface area contributed by atoms with Crippen molar-refractivity contribution in [1.29, 1.82) is 0 Å². The summed E-state index contributed by atoms with van der Waals surface area (Å²) in [5.41, 5.74) is 2.21. The quantitative estimate of drug-likeness (QED) is 0.657. The predicted molar refractivity (Wildman–Crippen MR) is 106 cm³/mol. The van der Waals surface area contributed by atoms with Crippen LogP contribution in [0, 0.1) is 0 Å². The molecule has 0 heterocycles. The molecule has 0 aliphatic rings. The standard InChI is InChI=1S/C20H21BrN2O4/c1-3-14-4-10-17(11-5-14)23-19(25)13(2)27-18(24)12-22-20(26)15-6-8-16(21)9-7-15/h4-11,13H,3,12H2,1-2H3,(H,22,26)(H,23,25)/t13-/m0/s1. The first-order valence-corrected chi connectivity index (χ1v) is 9.31. The second kappa shape index (κ2) is 9.87. The van der Waals surface area contributed by atoms with Gasteiger partial charge in [-0.2, -0.15) is 0 Å². The number of nitrogens with one attached hydrogen (secondary N) is 2. The van der Waals surface area contributed by atoms with Crippen molar-refractivity contribution in [2.45, 2.75) is 26.4 Å². The molecule has 2 rings (SSSR count). The zero-order valence-electron chi connectivity index (χ0n) is 15.1. The van der Waals surface area contributed by atoms with Crippen LogP contribution in [0.3, 0.4) is 0 Å². The molecule has 0 saturated heterocycles. The van der Waals surface area contributed by atoms with E-state index in [1.165, 1.54) is 6.92 Å². The lowest BCUT2D eigenvalue weighted by molar-refractivity contribution is -0.152. The summed E-state index contributed by atoms with van der Waals surface area (Å²) < 4.78 is 5.91. The number of benzene rings is 2. The van der Waals surface area contributed by atoms with Crippen LogP contribution in [-0.2, 0) is 20.7 Å². The molecule has 27 heavy (non-hydrogen) atoms. The van der Waals surface area contributed by atoms with Gasteiger partial charge in [-0.1, -0.05) is 35.0 Å². The van der Waals surface area contributed by atoms with Crippen LogP contribution in [-0.4, -0.2) is 30.4 Å². The number of carbonyl (C=O) groups excluding carboxylic acids is 3. The second-order valence-corrected chi connectivity index (χ2v) is 6.78. The van der Waals surface area contributed by atoms with Gasteiger partial charge in [-0.25, -0.2) is 0 Å². The summed E-state index contributed by atoms with van der Waals surface area (Å²) in [5.74, 6) is -1.52. The lowest BCUT2D eigenvalue weighted by atomic mass is 10.1. The maximum atomic E-state index is 12.1. The molecular formula is C20H21BrN2O4. The SMILES string of the molecule is CCc1ccc(NC(=O)[C@H](C)OC(=O)CNC(=O)c2ccc(Br)cc2)cc1. The Balaban J connectivity index is 1.78. The Morgan fingerprint density at radius 1 is 1.04 bits per heavy atom. The van der Waals surface area contributed by atoms with Gasteiger partial charge in [0.25, 0.3) is 11.8 Å². The number of aryl methyl sites for hydroxylation is 1. The highest BCUT2D eigenvalue weighted by molar-refractivity contribution is 9.10. The van der Waals surface area contributed by atoms with Gasteiger partial charge in [0, 0.05) is 15.7 Å². The molecule has 1 atom stereocenters. The van der Waals surface area contributed by atoms with E-state index >= 15 is 0 Å².